The molecule has 0 spiro atoms. The fourth-order valence-electron chi connectivity index (χ4n) is 4.56. The van der Waals surface area contributed by atoms with Crippen molar-refractivity contribution in [3.63, 3.8) is 0 Å². The van der Waals surface area contributed by atoms with Crippen LogP contribution in [-0.4, -0.2) is 29.0 Å². The van der Waals surface area contributed by atoms with Crippen molar-refractivity contribution >= 4 is 24.0 Å². The highest BCUT2D eigenvalue weighted by atomic mass is 16.4. The number of hydrogen-bond donors (Lipinski definition) is 0. The molecule has 1 aromatic heterocycles. The van der Waals surface area contributed by atoms with Crippen LogP contribution in [0.25, 0.3) is 11.3 Å². The average Bonchev–Trinajstić information content (AvgIpc) is 3.46. The molecule has 1 saturated carbocycles. The fraction of sp³-hybridized carbons (Fsp3) is 0.238. The van der Waals surface area contributed by atoms with E-state index in [0.29, 0.717) is 17.1 Å². The van der Waals surface area contributed by atoms with Crippen LogP contribution in [-0.2, 0) is 9.59 Å². The molecule has 1 saturated heterocycles. The number of carboxylic acids is 1. The van der Waals surface area contributed by atoms with Gasteiger partial charge >= 0.3 is 0 Å². The summed E-state index contributed by atoms with van der Waals surface area (Å²) in [6, 6.07) is 9.55. The Labute approximate surface area is 159 Å². The lowest BCUT2D eigenvalue weighted by Crippen LogP contribution is -2.28. The van der Waals surface area contributed by atoms with E-state index in [1.807, 2.05) is 12.2 Å². The Morgan fingerprint density at radius 2 is 1.75 bits per heavy atom. The fourth-order valence-corrected chi connectivity index (χ4v) is 4.56. The molecular weight excluding hydrogens is 360 g/mol. The van der Waals surface area contributed by atoms with Gasteiger partial charge in [0, 0.05) is 11.1 Å². The molecule has 2 fully saturated rings. The molecule has 1 aromatic carbocycles. The van der Waals surface area contributed by atoms with Gasteiger partial charge in [0.2, 0.25) is 0 Å². The van der Waals surface area contributed by atoms with E-state index in [0.717, 1.165) is 11.4 Å². The number of benzene rings is 1. The van der Waals surface area contributed by atoms with Gasteiger partial charge in [-0.3, -0.25) is 9.59 Å². The van der Waals surface area contributed by atoms with Gasteiger partial charge in [-0.15, -0.1) is 0 Å². The summed E-state index contributed by atoms with van der Waals surface area (Å²) in [6.45, 7) is 0. The summed E-state index contributed by atoms with van der Waals surface area (Å²) in [6.07, 6.45) is 6.22. The number of allylic oxidation sites excluding steroid dienone is 2. The zero-order chi connectivity index (χ0) is 19.4. The van der Waals surface area contributed by atoms with E-state index >= 15 is 0 Å². The Kier molecular flexibility index (Phi) is 3.58. The summed E-state index contributed by atoms with van der Waals surface area (Å²) in [5, 5.41) is 16.3. The lowest BCUT2D eigenvalue weighted by Gasteiger charge is -2.13. The molecule has 2 aromatic rings. The number of hydrogen-bond acceptors (Lipinski definition) is 6. The second-order valence-corrected chi connectivity index (χ2v) is 7.27. The lowest BCUT2D eigenvalue weighted by molar-refractivity contribution is -0.255. The van der Waals surface area contributed by atoms with Gasteiger partial charge in [-0.25, -0.2) is 0 Å². The molecular formula is C21H15N2O5-. The molecule has 2 amide bonds. The van der Waals surface area contributed by atoms with Crippen molar-refractivity contribution in [1.82, 2.24) is 5.01 Å². The molecule has 2 bridgehead atoms. The molecule has 1 aliphatic heterocycles. The minimum atomic E-state index is -1.30. The van der Waals surface area contributed by atoms with E-state index in [-0.39, 0.29) is 41.0 Å². The molecule has 0 N–H and O–H groups in total. The molecule has 3 aliphatic rings. The summed E-state index contributed by atoms with van der Waals surface area (Å²) in [5.41, 5.74) is 0.397. The summed E-state index contributed by atoms with van der Waals surface area (Å²) >= 11 is 0. The van der Waals surface area contributed by atoms with Gasteiger partial charge in [0.1, 0.15) is 11.5 Å². The van der Waals surface area contributed by atoms with E-state index in [2.05, 4.69) is 5.10 Å². The van der Waals surface area contributed by atoms with Crippen LogP contribution >= 0.6 is 0 Å². The highest BCUT2D eigenvalue weighted by Crippen LogP contribution is 2.52. The van der Waals surface area contributed by atoms with Gasteiger partial charge in [-0.2, -0.15) is 10.1 Å². The zero-order valence-corrected chi connectivity index (χ0v) is 14.6. The third-order valence-corrected chi connectivity index (χ3v) is 5.79. The minimum Gasteiger partial charge on any atom is -0.545 e. The Balaban J connectivity index is 1.39. The predicted octanol–water partition coefficient (Wildman–Crippen LogP) is 1.45. The first-order chi connectivity index (χ1) is 13.5. The first-order valence-electron chi connectivity index (χ1n) is 9.05. The van der Waals surface area contributed by atoms with Crippen LogP contribution in [0.2, 0.25) is 0 Å². The molecule has 4 atom stereocenters. The van der Waals surface area contributed by atoms with Crippen molar-refractivity contribution < 1.29 is 23.9 Å². The van der Waals surface area contributed by atoms with Crippen LogP contribution in [0, 0.1) is 23.7 Å². The second-order valence-electron chi connectivity index (χ2n) is 7.27. The monoisotopic (exact) mass is 375 g/mol. The number of imide groups is 1. The molecule has 2 heterocycles. The minimum absolute atomic E-state index is 0.0148. The summed E-state index contributed by atoms with van der Waals surface area (Å²) in [4.78, 5) is 36.5. The van der Waals surface area contributed by atoms with Crippen molar-refractivity contribution in [3.05, 3.63) is 59.9 Å². The van der Waals surface area contributed by atoms with Crippen molar-refractivity contribution in [2.24, 2.45) is 28.8 Å². The zero-order valence-electron chi connectivity index (χ0n) is 14.6. The average molecular weight is 375 g/mol. The number of carbonyl (C=O) groups excluding carboxylic acids is 3. The van der Waals surface area contributed by atoms with Crippen LogP contribution in [0.5, 0.6) is 0 Å². The third-order valence-electron chi connectivity index (χ3n) is 5.79. The molecule has 28 heavy (non-hydrogen) atoms. The van der Waals surface area contributed by atoms with Gasteiger partial charge in [0.25, 0.3) is 11.8 Å². The third kappa shape index (κ3) is 2.36. The number of rotatable bonds is 4. The molecule has 0 radical (unpaired) electrons. The van der Waals surface area contributed by atoms with E-state index in [9.17, 15) is 19.5 Å². The number of hydrazone groups is 1. The standard InChI is InChI=1S/C21H16N2O5/c24-19-17-11-5-6-12(9-11)18(17)20(25)23(19)22-10-13-7-8-16(28-13)14-3-1-2-4-15(14)21(26)27/h1-8,10-12,17-18H,9H2,(H,26,27)/p-1/b22-10-/t11-,12-,17-,18+/m0/s1. The van der Waals surface area contributed by atoms with E-state index in [1.54, 1.807) is 30.3 Å². The Morgan fingerprint density at radius 1 is 1.07 bits per heavy atom. The van der Waals surface area contributed by atoms with Crippen molar-refractivity contribution in [1.29, 1.82) is 0 Å². The molecule has 0 unspecified atom stereocenters. The van der Waals surface area contributed by atoms with Crippen LogP contribution < -0.4 is 5.11 Å². The summed E-state index contributed by atoms with van der Waals surface area (Å²) < 4.78 is 5.64. The van der Waals surface area contributed by atoms with E-state index in [4.69, 9.17) is 4.42 Å². The maximum Gasteiger partial charge on any atom is 0.254 e. The maximum atomic E-state index is 12.6. The largest absolute Gasteiger partial charge is 0.545 e. The number of furan rings is 1. The number of fused-ring (bicyclic) bond motifs is 5. The molecule has 7 nitrogen and oxygen atoms in total. The van der Waals surface area contributed by atoms with Crippen LogP contribution in [0.15, 0.2) is 58.1 Å². The first kappa shape index (κ1) is 16.7. The van der Waals surface area contributed by atoms with Crippen molar-refractivity contribution in [3.8, 4) is 11.3 Å². The number of nitrogens with zero attached hydrogens (tertiary/aromatic N) is 2. The lowest BCUT2D eigenvalue weighted by atomic mass is 9.85. The van der Waals surface area contributed by atoms with Crippen molar-refractivity contribution in [2.75, 3.05) is 0 Å². The Morgan fingerprint density at radius 3 is 2.43 bits per heavy atom. The predicted molar refractivity (Wildman–Crippen MR) is 95.6 cm³/mol. The quantitative estimate of drug-likeness (QED) is 0.457. The highest BCUT2D eigenvalue weighted by molar-refractivity contribution is 6.06. The molecule has 140 valence electrons. The smallest absolute Gasteiger partial charge is 0.254 e. The van der Waals surface area contributed by atoms with Gasteiger partial charge in [-0.05, 0) is 30.4 Å². The highest BCUT2D eigenvalue weighted by Gasteiger charge is 2.59. The summed E-state index contributed by atoms with van der Waals surface area (Å²) in [7, 11) is 0. The van der Waals surface area contributed by atoms with E-state index in [1.165, 1.54) is 12.3 Å². The summed E-state index contributed by atoms with van der Waals surface area (Å²) in [5.74, 6) is -1.55. The SMILES string of the molecule is O=C([O-])c1ccccc1-c1ccc(/C=N\N2C(=O)[C@@H]3[C@H](C2=O)[C@H]2C=C[C@H]3C2)o1. The topological polar surface area (TPSA) is 103 Å². The second kappa shape index (κ2) is 6.02. The van der Waals surface area contributed by atoms with E-state index < -0.39 is 5.97 Å². The molecule has 5 rings (SSSR count). The molecule has 2 aliphatic carbocycles. The van der Waals surface area contributed by atoms with Crippen LogP contribution in [0.3, 0.4) is 0 Å². The Bertz CT molecular complexity index is 1040. The normalized spacial score (nSPS) is 27.9. The van der Waals surface area contributed by atoms with Crippen LogP contribution in [0.1, 0.15) is 22.5 Å². The Hall–Kier alpha value is -3.48. The van der Waals surface area contributed by atoms with Gasteiger partial charge in [0.15, 0.2) is 0 Å². The van der Waals surface area contributed by atoms with Crippen molar-refractivity contribution in [2.45, 2.75) is 6.42 Å². The molecule has 7 heteroatoms. The van der Waals surface area contributed by atoms with Gasteiger partial charge in [0.05, 0.1) is 24.0 Å². The van der Waals surface area contributed by atoms with Crippen LogP contribution in [0.4, 0.5) is 0 Å². The number of aromatic carboxylic acids is 1. The number of carbonyl (C=O) groups is 3. The van der Waals surface area contributed by atoms with Gasteiger partial charge in [-0.1, -0.05) is 36.4 Å². The maximum absolute atomic E-state index is 12.6. The number of carboxylic acid groups (broad SMARTS) is 1. The van der Waals surface area contributed by atoms with Gasteiger partial charge < -0.3 is 14.3 Å². The number of amides is 2. The first-order valence-corrected chi connectivity index (χ1v) is 9.05.